The first-order chi connectivity index (χ1) is 8.58. The van der Waals surface area contributed by atoms with Gasteiger partial charge in [0.15, 0.2) is 0 Å². The molecule has 1 heterocycles. The van der Waals surface area contributed by atoms with Gasteiger partial charge in [-0.2, -0.15) is 0 Å². The first kappa shape index (κ1) is 14.9. The maximum Gasteiger partial charge on any atom is 0.225 e. The lowest BCUT2D eigenvalue weighted by Crippen LogP contribution is -2.32. The number of hydrogen-bond donors (Lipinski definition) is 1. The smallest absolute Gasteiger partial charge is 0.225 e. The minimum Gasteiger partial charge on any atom is -0.341 e. The van der Waals surface area contributed by atoms with Gasteiger partial charge in [0.25, 0.3) is 0 Å². The highest BCUT2D eigenvalue weighted by molar-refractivity contribution is 5.30. The number of nitrogens with one attached hydrogen (secondary N) is 1. The van der Waals surface area contributed by atoms with Gasteiger partial charge < -0.3 is 10.2 Å². The molecule has 4 nitrogen and oxygen atoms in total. The Bertz CT molecular complexity index is 330. The van der Waals surface area contributed by atoms with Crippen LogP contribution in [0.4, 0.5) is 5.95 Å². The SMILES string of the molecule is CCC(CC)N(C)c1ncc(CNC(C)C)cn1. The molecule has 0 atom stereocenters. The largest absolute Gasteiger partial charge is 0.341 e. The molecule has 0 fully saturated rings. The van der Waals surface area contributed by atoms with Gasteiger partial charge in [0.05, 0.1) is 0 Å². The van der Waals surface area contributed by atoms with Crippen LogP contribution in [0.15, 0.2) is 12.4 Å². The highest BCUT2D eigenvalue weighted by atomic mass is 15.2. The summed E-state index contributed by atoms with van der Waals surface area (Å²) in [5.41, 5.74) is 1.13. The Kier molecular flexibility index (Phi) is 6.05. The summed E-state index contributed by atoms with van der Waals surface area (Å²) in [7, 11) is 2.07. The summed E-state index contributed by atoms with van der Waals surface area (Å²) in [4.78, 5) is 11.1. The van der Waals surface area contributed by atoms with E-state index < -0.39 is 0 Å². The monoisotopic (exact) mass is 250 g/mol. The Morgan fingerprint density at radius 1 is 1.17 bits per heavy atom. The highest BCUT2D eigenvalue weighted by Gasteiger charge is 2.13. The highest BCUT2D eigenvalue weighted by Crippen LogP contribution is 2.13. The summed E-state index contributed by atoms with van der Waals surface area (Å²) in [5, 5.41) is 3.36. The Balaban J connectivity index is 2.64. The van der Waals surface area contributed by atoms with Crippen LogP contribution in [0, 0.1) is 0 Å². The number of anilines is 1. The fourth-order valence-electron chi connectivity index (χ4n) is 1.94. The molecular weight excluding hydrogens is 224 g/mol. The first-order valence-corrected chi connectivity index (χ1v) is 6.85. The third-order valence-corrected chi connectivity index (χ3v) is 3.21. The zero-order valence-electron chi connectivity index (χ0n) is 12.3. The standard InChI is InChI=1S/C14H26N4/c1-6-13(7-2)18(5)14-16-9-12(10-17-14)8-15-11(3)4/h9-11,13,15H,6-8H2,1-5H3. The van der Waals surface area contributed by atoms with Crippen molar-refractivity contribution >= 4 is 5.95 Å². The molecule has 0 radical (unpaired) electrons. The second-order valence-corrected chi connectivity index (χ2v) is 5.01. The van der Waals surface area contributed by atoms with Crippen LogP contribution in [0.5, 0.6) is 0 Å². The summed E-state index contributed by atoms with van der Waals surface area (Å²) in [6.45, 7) is 9.50. The lowest BCUT2D eigenvalue weighted by molar-refractivity contribution is 0.575. The van der Waals surface area contributed by atoms with Crippen molar-refractivity contribution in [1.29, 1.82) is 0 Å². The van der Waals surface area contributed by atoms with Crippen LogP contribution >= 0.6 is 0 Å². The topological polar surface area (TPSA) is 41.1 Å². The molecule has 0 amide bonds. The molecule has 0 aliphatic rings. The maximum absolute atomic E-state index is 4.45. The number of rotatable bonds is 7. The zero-order chi connectivity index (χ0) is 13.5. The average Bonchev–Trinajstić information content (AvgIpc) is 2.38. The van der Waals surface area contributed by atoms with Gasteiger partial charge in [0, 0.05) is 43.6 Å². The van der Waals surface area contributed by atoms with E-state index in [1.807, 2.05) is 12.4 Å². The molecule has 0 aromatic carbocycles. The van der Waals surface area contributed by atoms with Gasteiger partial charge >= 0.3 is 0 Å². The van der Waals surface area contributed by atoms with Crippen molar-refractivity contribution in [3.8, 4) is 0 Å². The van der Waals surface area contributed by atoms with E-state index in [-0.39, 0.29) is 0 Å². The second-order valence-electron chi connectivity index (χ2n) is 5.01. The fraction of sp³-hybridized carbons (Fsp3) is 0.714. The van der Waals surface area contributed by atoms with E-state index in [4.69, 9.17) is 0 Å². The molecule has 0 bridgehead atoms. The Labute approximate surface area is 111 Å². The summed E-state index contributed by atoms with van der Waals surface area (Å²) < 4.78 is 0. The van der Waals surface area contributed by atoms with E-state index in [0.29, 0.717) is 12.1 Å². The minimum atomic E-state index is 0.483. The molecule has 0 unspecified atom stereocenters. The normalized spacial score (nSPS) is 11.3. The number of hydrogen-bond acceptors (Lipinski definition) is 4. The lowest BCUT2D eigenvalue weighted by atomic mass is 10.1. The summed E-state index contributed by atoms with van der Waals surface area (Å²) >= 11 is 0. The molecule has 0 saturated carbocycles. The molecule has 1 N–H and O–H groups in total. The Hall–Kier alpha value is -1.16. The van der Waals surface area contributed by atoms with Gasteiger partial charge in [-0.3, -0.25) is 0 Å². The van der Waals surface area contributed by atoms with E-state index in [0.717, 1.165) is 30.9 Å². The quantitative estimate of drug-likeness (QED) is 0.807. The number of aromatic nitrogens is 2. The predicted molar refractivity (Wildman–Crippen MR) is 76.8 cm³/mol. The third kappa shape index (κ3) is 4.26. The second kappa shape index (κ2) is 7.31. The van der Waals surface area contributed by atoms with Gasteiger partial charge in [-0.15, -0.1) is 0 Å². The van der Waals surface area contributed by atoms with Crippen molar-refractivity contribution in [3.63, 3.8) is 0 Å². The molecule has 4 heteroatoms. The van der Waals surface area contributed by atoms with E-state index in [1.54, 1.807) is 0 Å². The summed E-state index contributed by atoms with van der Waals surface area (Å²) in [5.74, 6) is 0.817. The molecule has 0 saturated heterocycles. The van der Waals surface area contributed by atoms with Crippen LogP contribution in [0.3, 0.4) is 0 Å². The van der Waals surface area contributed by atoms with Crippen LogP contribution in [0.1, 0.15) is 46.1 Å². The number of nitrogens with zero attached hydrogens (tertiary/aromatic N) is 3. The molecule has 0 spiro atoms. The fourth-order valence-corrected chi connectivity index (χ4v) is 1.94. The van der Waals surface area contributed by atoms with Crippen molar-refractivity contribution in [3.05, 3.63) is 18.0 Å². The van der Waals surface area contributed by atoms with Crippen molar-refractivity contribution in [2.45, 2.75) is 59.2 Å². The zero-order valence-corrected chi connectivity index (χ0v) is 12.3. The molecule has 1 rings (SSSR count). The van der Waals surface area contributed by atoms with Crippen LogP contribution in [-0.4, -0.2) is 29.1 Å². The molecule has 1 aromatic heterocycles. The van der Waals surface area contributed by atoms with E-state index in [1.165, 1.54) is 0 Å². The molecule has 0 aliphatic carbocycles. The predicted octanol–water partition coefficient (Wildman–Crippen LogP) is 2.60. The Morgan fingerprint density at radius 2 is 1.72 bits per heavy atom. The van der Waals surface area contributed by atoms with Gasteiger partial charge in [-0.25, -0.2) is 9.97 Å². The van der Waals surface area contributed by atoms with E-state index in [2.05, 4.69) is 54.9 Å². The van der Waals surface area contributed by atoms with Crippen molar-refractivity contribution < 1.29 is 0 Å². The van der Waals surface area contributed by atoms with Crippen molar-refractivity contribution in [1.82, 2.24) is 15.3 Å². The van der Waals surface area contributed by atoms with Crippen molar-refractivity contribution in [2.24, 2.45) is 0 Å². The van der Waals surface area contributed by atoms with Gasteiger partial charge in [0.1, 0.15) is 0 Å². The van der Waals surface area contributed by atoms with Crippen molar-refractivity contribution in [2.75, 3.05) is 11.9 Å². The third-order valence-electron chi connectivity index (χ3n) is 3.21. The molecule has 18 heavy (non-hydrogen) atoms. The molecule has 1 aromatic rings. The molecular formula is C14H26N4. The van der Waals surface area contributed by atoms with Crippen LogP contribution in [-0.2, 0) is 6.54 Å². The Morgan fingerprint density at radius 3 is 2.17 bits per heavy atom. The van der Waals surface area contributed by atoms with Gasteiger partial charge in [-0.05, 0) is 12.8 Å². The van der Waals surface area contributed by atoms with Crippen LogP contribution in [0.25, 0.3) is 0 Å². The summed E-state index contributed by atoms with van der Waals surface area (Å²) in [6.07, 6.45) is 6.06. The van der Waals surface area contributed by atoms with Crippen LogP contribution < -0.4 is 10.2 Å². The molecule has 102 valence electrons. The van der Waals surface area contributed by atoms with Crippen LogP contribution in [0.2, 0.25) is 0 Å². The minimum absolute atomic E-state index is 0.483. The van der Waals surface area contributed by atoms with E-state index >= 15 is 0 Å². The molecule has 0 aliphatic heterocycles. The van der Waals surface area contributed by atoms with Gasteiger partial charge in [0.2, 0.25) is 5.95 Å². The lowest BCUT2D eigenvalue weighted by Gasteiger charge is -2.26. The first-order valence-electron chi connectivity index (χ1n) is 6.85. The summed E-state index contributed by atoms with van der Waals surface area (Å²) in [6, 6.07) is 1.00. The maximum atomic E-state index is 4.45. The average molecular weight is 250 g/mol. The van der Waals surface area contributed by atoms with Gasteiger partial charge in [-0.1, -0.05) is 27.7 Å². The van der Waals surface area contributed by atoms with E-state index in [9.17, 15) is 0 Å².